The number of halogens is 2. The van der Waals surface area contributed by atoms with Crippen molar-refractivity contribution in [1.29, 1.82) is 0 Å². The summed E-state index contributed by atoms with van der Waals surface area (Å²) in [6.07, 6.45) is 10.0. The maximum absolute atomic E-state index is 8.00. The molecule has 0 aromatic heterocycles. The van der Waals surface area contributed by atoms with Gasteiger partial charge in [0.05, 0.1) is 0 Å². The molecule has 0 spiro atoms. The molecule has 0 fully saturated rings. The second-order valence-corrected chi connectivity index (χ2v) is 1.00. The average Bonchev–Trinajstić information content (AvgIpc) is 2.23. The molecule has 1 nitrogen and oxygen atoms in total. The molecule has 0 atom stereocenters. The van der Waals surface area contributed by atoms with E-state index < -0.39 is 0 Å². The molecule has 0 unspecified atom stereocenters. The Balaban J connectivity index is -0.0000000337. The summed E-state index contributed by atoms with van der Waals surface area (Å²) in [7, 11) is 0. The van der Waals surface area contributed by atoms with E-state index in [1.54, 1.807) is 0 Å². The van der Waals surface area contributed by atoms with E-state index in [4.69, 9.17) is 4.79 Å². The number of hydrogen-bond acceptors (Lipinski definition) is 1. The van der Waals surface area contributed by atoms with Gasteiger partial charge in [0.25, 0.3) is 0 Å². The molecule has 0 aromatic rings. The van der Waals surface area contributed by atoms with Crippen molar-refractivity contribution in [3.63, 3.8) is 0 Å². The van der Waals surface area contributed by atoms with Gasteiger partial charge in [0.1, 0.15) is 6.79 Å². The molecule has 0 aromatic carbocycles. The minimum Gasteiger partial charge on any atom is -1.00 e. The van der Waals surface area contributed by atoms with E-state index in [-0.39, 0.29) is 41.6 Å². The molecule has 1 aliphatic rings. The molecule has 0 heterocycles. The van der Waals surface area contributed by atoms with E-state index in [9.17, 15) is 0 Å². The second kappa shape index (κ2) is 22.9. The Morgan fingerprint density at radius 1 is 1.30 bits per heavy atom. The first-order valence-electron chi connectivity index (χ1n) is 2.01. The van der Waals surface area contributed by atoms with Gasteiger partial charge >= 0.3 is 16.8 Å². The minimum atomic E-state index is 0. The van der Waals surface area contributed by atoms with Gasteiger partial charge in [-0.05, 0) is 0 Å². The number of carbonyl (C=O) groups is 1. The van der Waals surface area contributed by atoms with Gasteiger partial charge in [-0.1, -0.05) is 0 Å². The van der Waals surface area contributed by atoms with Gasteiger partial charge in [0, 0.05) is 0 Å². The standard InChI is InChI=1S/C5H5.CH2O.2ClH.Co/c1-2-4-5-3-1;1-2;;;/h1-3H,4H2;1H2;2*1H;/q-1;;;;+3/p-2. The molecule has 0 amide bonds. The van der Waals surface area contributed by atoms with Gasteiger partial charge in [-0.2, -0.15) is 6.08 Å². The molecule has 0 N–H and O–H groups in total. The number of rotatable bonds is 0. The largest absolute Gasteiger partial charge is 3.00 e. The zero-order valence-electron chi connectivity index (χ0n) is 5.14. The van der Waals surface area contributed by atoms with E-state index in [0.717, 1.165) is 6.42 Å². The average molecular weight is 225 g/mol. The first-order valence-corrected chi connectivity index (χ1v) is 2.01. The SMILES string of the molecule is C=O.[C-]1=CC=CC1.[Cl-].[Cl-].[Co+3]. The fourth-order valence-corrected chi connectivity index (χ4v) is 0.340. The Bertz CT molecular complexity index is 83.7. The number of allylic oxidation sites excluding steroid dienone is 4. The molecule has 0 saturated heterocycles. The van der Waals surface area contributed by atoms with Crippen LogP contribution in [-0.2, 0) is 21.6 Å². The van der Waals surface area contributed by atoms with Crippen LogP contribution in [-0.4, -0.2) is 6.79 Å². The van der Waals surface area contributed by atoms with E-state index in [1.807, 2.05) is 18.9 Å². The van der Waals surface area contributed by atoms with Crippen LogP contribution in [0.25, 0.3) is 0 Å². The van der Waals surface area contributed by atoms with Gasteiger partial charge in [-0.3, -0.25) is 6.08 Å². The third-order valence-electron chi connectivity index (χ3n) is 0.586. The summed E-state index contributed by atoms with van der Waals surface area (Å²) in [6, 6.07) is 0. The van der Waals surface area contributed by atoms with Gasteiger partial charge in [0.15, 0.2) is 0 Å². The first kappa shape index (κ1) is 22.5. The summed E-state index contributed by atoms with van der Waals surface area (Å²) in [5, 5.41) is 0. The maximum Gasteiger partial charge on any atom is 3.00 e. The van der Waals surface area contributed by atoms with E-state index in [0.29, 0.717) is 0 Å². The van der Waals surface area contributed by atoms with Crippen LogP contribution < -0.4 is 24.8 Å². The zero-order chi connectivity index (χ0) is 5.54. The summed E-state index contributed by atoms with van der Waals surface area (Å²) in [5.41, 5.74) is 0. The Kier molecular flexibility index (Phi) is 51.3. The molecule has 0 radical (unpaired) electrons. The fourth-order valence-electron chi connectivity index (χ4n) is 0.340. The Hall–Kier alpha value is 0.236. The van der Waals surface area contributed by atoms with Crippen molar-refractivity contribution in [2.24, 2.45) is 0 Å². The second-order valence-electron chi connectivity index (χ2n) is 1.00. The Morgan fingerprint density at radius 2 is 1.80 bits per heavy atom. The third kappa shape index (κ3) is 15.7. The maximum atomic E-state index is 8.00. The van der Waals surface area contributed by atoms with Crippen LogP contribution >= 0.6 is 0 Å². The molecular formula is C6H7Cl2CoO. The Morgan fingerprint density at radius 3 is 1.90 bits per heavy atom. The normalized spacial score (nSPS) is 9.20. The van der Waals surface area contributed by atoms with E-state index in [2.05, 4.69) is 12.2 Å². The molecular weight excluding hydrogens is 218 g/mol. The van der Waals surface area contributed by atoms with Crippen molar-refractivity contribution >= 4 is 6.79 Å². The summed E-state index contributed by atoms with van der Waals surface area (Å²) in [6.45, 7) is 2.00. The van der Waals surface area contributed by atoms with Gasteiger partial charge < -0.3 is 29.6 Å². The van der Waals surface area contributed by atoms with Crippen LogP contribution in [0.15, 0.2) is 18.2 Å². The molecule has 0 bridgehead atoms. The smallest absolute Gasteiger partial charge is 1.00 e. The summed E-state index contributed by atoms with van der Waals surface area (Å²) >= 11 is 0. The first-order chi connectivity index (χ1) is 3.50. The molecule has 1 rings (SSSR count). The van der Waals surface area contributed by atoms with Crippen molar-refractivity contribution < 1.29 is 46.4 Å². The summed E-state index contributed by atoms with van der Waals surface area (Å²) in [5.74, 6) is 0. The molecule has 4 heteroatoms. The molecule has 10 heavy (non-hydrogen) atoms. The van der Waals surface area contributed by atoms with Crippen LogP contribution in [0.3, 0.4) is 0 Å². The molecule has 1 aliphatic carbocycles. The molecule has 60 valence electrons. The predicted molar refractivity (Wildman–Crippen MR) is 28.7 cm³/mol. The van der Waals surface area contributed by atoms with Crippen LogP contribution in [0.4, 0.5) is 0 Å². The molecule has 0 aliphatic heterocycles. The van der Waals surface area contributed by atoms with Crippen molar-refractivity contribution in [1.82, 2.24) is 0 Å². The van der Waals surface area contributed by atoms with Crippen LogP contribution in [0.1, 0.15) is 6.42 Å². The Labute approximate surface area is 84.0 Å². The summed E-state index contributed by atoms with van der Waals surface area (Å²) < 4.78 is 0. The van der Waals surface area contributed by atoms with E-state index in [1.165, 1.54) is 0 Å². The third-order valence-corrected chi connectivity index (χ3v) is 0.586. The van der Waals surface area contributed by atoms with Crippen molar-refractivity contribution in [2.75, 3.05) is 0 Å². The van der Waals surface area contributed by atoms with Crippen molar-refractivity contribution in [2.45, 2.75) is 6.42 Å². The van der Waals surface area contributed by atoms with Crippen molar-refractivity contribution in [3.8, 4) is 0 Å². The minimum absolute atomic E-state index is 0. The van der Waals surface area contributed by atoms with E-state index >= 15 is 0 Å². The van der Waals surface area contributed by atoms with Crippen molar-refractivity contribution in [3.05, 3.63) is 24.3 Å². The van der Waals surface area contributed by atoms with Gasteiger partial charge in [-0.15, -0.1) is 6.42 Å². The number of carbonyl (C=O) groups excluding carboxylic acids is 1. The van der Waals surface area contributed by atoms with Gasteiger partial charge in [0.2, 0.25) is 0 Å². The number of hydrogen-bond donors (Lipinski definition) is 0. The molecule has 0 saturated carbocycles. The van der Waals surface area contributed by atoms with Crippen LogP contribution in [0.2, 0.25) is 0 Å². The van der Waals surface area contributed by atoms with Crippen LogP contribution in [0.5, 0.6) is 0 Å². The summed E-state index contributed by atoms with van der Waals surface area (Å²) in [4.78, 5) is 8.00. The van der Waals surface area contributed by atoms with Gasteiger partial charge in [-0.25, -0.2) is 12.2 Å². The monoisotopic (exact) mass is 224 g/mol. The van der Waals surface area contributed by atoms with Crippen LogP contribution in [0, 0.1) is 6.08 Å². The predicted octanol–water partition coefficient (Wildman–Crippen LogP) is -4.87. The topological polar surface area (TPSA) is 17.1 Å². The quantitative estimate of drug-likeness (QED) is 0.378. The fraction of sp³-hybridized carbons (Fsp3) is 0.167. The zero-order valence-corrected chi connectivity index (χ0v) is 7.70.